The summed E-state index contributed by atoms with van der Waals surface area (Å²) in [5, 5.41) is 3.64. The van der Waals surface area contributed by atoms with Crippen LogP contribution in [-0.2, 0) is 4.74 Å². The molecule has 0 spiro atoms. The summed E-state index contributed by atoms with van der Waals surface area (Å²) in [4.78, 5) is 5.25. The van der Waals surface area contributed by atoms with Crippen LogP contribution in [0.25, 0.3) is 0 Å². The second kappa shape index (κ2) is 8.32. The molecule has 2 saturated heterocycles. The van der Waals surface area contributed by atoms with Gasteiger partial charge in [0.15, 0.2) is 0 Å². The number of nitrogens with zero attached hydrogens (tertiary/aromatic N) is 2. The molecule has 0 bridgehead atoms. The molecule has 2 rings (SSSR count). The topological polar surface area (TPSA) is 27.7 Å². The van der Waals surface area contributed by atoms with E-state index in [0.29, 0.717) is 12.0 Å². The lowest BCUT2D eigenvalue weighted by Gasteiger charge is -2.37. The lowest BCUT2D eigenvalue weighted by Crippen LogP contribution is -2.50. The summed E-state index contributed by atoms with van der Waals surface area (Å²) in [5.74, 6) is 1.46. The van der Waals surface area contributed by atoms with Crippen LogP contribution >= 0.6 is 0 Å². The number of ether oxygens (including phenoxy) is 1. The molecule has 118 valence electrons. The van der Waals surface area contributed by atoms with Gasteiger partial charge in [0.05, 0.1) is 13.2 Å². The van der Waals surface area contributed by atoms with E-state index in [-0.39, 0.29) is 0 Å². The Morgan fingerprint density at radius 3 is 2.45 bits per heavy atom. The van der Waals surface area contributed by atoms with Crippen molar-refractivity contribution in [3.8, 4) is 0 Å². The van der Waals surface area contributed by atoms with Gasteiger partial charge in [-0.3, -0.25) is 0 Å². The summed E-state index contributed by atoms with van der Waals surface area (Å²) < 4.78 is 5.68. The Balaban J connectivity index is 1.69. The van der Waals surface area contributed by atoms with Crippen LogP contribution in [0, 0.1) is 11.8 Å². The molecule has 2 unspecified atom stereocenters. The molecule has 0 aromatic carbocycles. The van der Waals surface area contributed by atoms with Gasteiger partial charge in [0.25, 0.3) is 0 Å². The predicted octanol–water partition coefficient (Wildman–Crippen LogP) is 1.27. The molecular formula is C16H33N3O. The second-order valence-corrected chi connectivity index (χ2v) is 6.85. The highest BCUT2D eigenvalue weighted by Crippen LogP contribution is 2.16. The molecule has 4 heteroatoms. The number of rotatable bonds is 7. The van der Waals surface area contributed by atoms with Gasteiger partial charge in [-0.25, -0.2) is 0 Å². The molecule has 2 heterocycles. The van der Waals surface area contributed by atoms with Crippen LogP contribution in [0.1, 0.15) is 27.2 Å². The number of hydrogen-bond donors (Lipinski definition) is 1. The summed E-state index contributed by atoms with van der Waals surface area (Å²) in [6, 6.07) is 0.573. The Kier molecular flexibility index (Phi) is 6.75. The third kappa shape index (κ3) is 4.99. The van der Waals surface area contributed by atoms with Crippen molar-refractivity contribution in [1.29, 1.82) is 0 Å². The van der Waals surface area contributed by atoms with E-state index < -0.39 is 0 Å². The van der Waals surface area contributed by atoms with Crippen LogP contribution in [-0.4, -0.2) is 74.9 Å². The maximum atomic E-state index is 5.68. The lowest BCUT2D eigenvalue weighted by molar-refractivity contribution is 0.102. The highest BCUT2D eigenvalue weighted by atomic mass is 16.5. The normalized spacial score (nSPS) is 29.4. The Bertz CT molecular complexity index is 264. The van der Waals surface area contributed by atoms with Gasteiger partial charge in [-0.15, -0.1) is 0 Å². The molecule has 2 atom stereocenters. The molecule has 1 N–H and O–H groups in total. The Morgan fingerprint density at radius 2 is 1.80 bits per heavy atom. The Morgan fingerprint density at radius 1 is 1.10 bits per heavy atom. The van der Waals surface area contributed by atoms with E-state index >= 15 is 0 Å². The van der Waals surface area contributed by atoms with E-state index in [2.05, 4.69) is 35.9 Å². The molecule has 2 fully saturated rings. The average Bonchev–Trinajstić information content (AvgIpc) is 2.85. The number of piperazine rings is 1. The van der Waals surface area contributed by atoms with Gasteiger partial charge < -0.3 is 19.9 Å². The monoisotopic (exact) mass is 283 g/mol. The summed E-state index contributed by atoms with van der Waals surface area (Å²) in [6.45, 7) is 17.2. The summed E-state index contributed by atoms with van der Waals surface area (Å²) in [7, 11) is 0. The van der Waals surface area contributed by atoms with Crippen molar-refractivity contribution in [2.75, 3.05) is 59.0 Å². The minimum Gasteiger partial charge on any atom is -0.379 e. The van der Waals surface area contributed by atoms with Gasteiger partial charge in [-0.2, -0.15) is 0 Å². The molecule has 0 aromatic heterocycles. The minimum absolute atomic E-state index is 0.573. The maximum absolute atomic E-state index is 5.68. The second-order valence-electron chi connectivity index (χ2n) is 6.85. The molecule has 2 aliphatic heterocycles. The van der Waals surface area contributed by atoms with E-state index in [0.717, 1.165) is 25.7 Å². The van der Waals surface area contributed by atoms with Gasteiger partial charge in [0.2, 0.25) is 0 Å². The van der Waals surface area contributed by atoms with E-state index in [4.69, 9.17) is 4.74 Å². The van der Waals surface area contributed by atoms with Crippen LogP contribution in [0.5, 0.6) is 0 Å². The molecule has 0 radical (unpaired) electrons. The van der Waals surface area contributed by atoms with Gasteiger partial charge in [-0.1, -0.05) is 20.8 Å². The molecule has 0 aliphatic carbocycles. The highest BCUT2D eigenvalue weighted by Gasteiger charge is 2.30. The van der Waals surface area contributed by atoms with Crippen molar-refractivity contribution >= 4 is 0 Å². The van der Waals surface area contributed by atoms with E-state index in [1.807, 2.05) is 0 Å². The van der Waals surface area contributed by atoms with Gasteiger partial charge in [-0.05, 0) is 18.9 Å². The zero-order valence-corrected chi connectivity index (χ0v) is 13.6. The number of nitrogens with one attached hydrogen (secondary N) is 1. The van der Waals surface area contributed by atoms with E-state index in [9.17, 15) is 0 Å². The molecule has 2 aliphatic rings. The van der Waals surface area contributed by atoms with Crippen molar-refractivity contribution in [1.82, 2.24) is 15.1 Å². The summed E-state index contributed by atoms with van der Waals surface area (Å²) in [5.41, 5.74) is 0. The smallest absolute Gasteiger partial charge is 0.0623 e. The fourth-order valence-corrected chi connectivity index (χ4v) is 3.34. The maximum Gasteiger partial charge on any atom is 0.0623 e. The van der Waals surface area contributed by atoms with Crippen LogP contribution in [0.3, 0.4) is 0 Å². The minimum atomic E-state index is 0.573. The number of hydrogen-bond acceptors (Lipinski definition) is 4. The van der Waals surface area contributed by atoms with Crippen LogP contribution < -0.4 is 5.32 Å². The standard InChI is InChI=1S/C16H33N3O/c1-4-5-17-16-13-20-12-15(16)11-19-8-6-18(7-9-19)10-14(2)3/h14-17H,4-13H2,1-3H3. The summed E-state index contributed by atoms with van der Waals surface area (Å²) >= 11 is 0. The molecule has 0 amide bonds. The largest absolute Gasteiger partial charge is 0.379 e. The van der Waals surface area contributed by atoms with E-state index in [1.165, 1.54) is 45.7 Å². The van der Waals surface area contributed by atoms with Crippen LogP contribution in [0.4, 0.5) is 0 Å². The first-order valence-corrected chi connectivity index (χ1v) is 8.45. The van der Waals surface area contributed by atoms with Crippen molar-refractivity contribution in [3.63, 3.8) is 0 Å². The zero-order chi connectivity index (χ0) is 14.4. The first kappa shape index (κ1) is 16.2. The molecule has 4 nitrogen and oxygen atoms in total. The third-order valence-corrected chi connectivity index (χ3v) is 4.44. The fourth-order valence-electron chi connectivity index (χ4n) is 3.34. The van der Waals surface area contributed by atoms with Gasteiger partial charge >= 0.3 is 0 Å². The van der Waals surface area contributed by atoms with E-state index in [1.54, 1.807) is 0 Å². The van der Waals surface area contributed by atoms with Gasteiger partial charge in [0, 0.05) is 51.2 Å². The average molecular weight is 283 g/mol. The molecular weight excluding hydrogens is 250 g/mol. The molecule has 0 saturated carbocycles. The quantitative estimate of drug-likeness (QED) is 0.762. The van der Waals surface area contributed by atoms with Crippen molar-refractivity contribution < 1.29 is 4.74 Å². The Labute approximate surface area is 124 Å². The SMILES string of the molecule is CCCNC1COCC1CN1CCN(CC(C)C)CC1. The molecule has 20 heavy (non-hydrogen) atoms. The summed E-state index contributed by atoms with van der Waals surface area (Å²) in [6.07, 6.45) is 1.21. The third-order valence-electron chi connectivity index (χ3n) is 4.44. The Hall–Kier alpha value is -0.160. The van der Waals surface area contributed by atoms with Crippen molar-refractivity contribution in [2.24, 2.45) is 11.8 Å². The molecule has 0 aromatic rings. The van der Waals surface area contributed by atoms with Crippen LogP contribution in [0.15, 0.2) is 0 Å². The van der Waals surface area contributed by atoms with Crippen LogP contribution in [0.2, 0.25) is 0 Å². The zero-order valence-electron chi connectivity index (χ0n) is 13.6. The first-order valence-electron chi connectivity index (χ1n) is 8.45. The van der Waals surface area contributed by atoms with Crippen molar-refractivity contribution in [2.45, 2.75) is 33.2 Å². The lowest BCUT2D eigenvalue weighted by atomic mass is 10.0. The fraction of sp³-hybridized carbons (Fsp3) is 1.00. The first-order chi connectivity index (χ1) is 9.69. The predicted molar refractivity (Wildman–Crippen MR) is 84.1 cm³/mol. The van der Waals surface area contributed by atoms with Gasteiger partial charge in [0.1, 0.15) is 0 Å². The highest BCUT2D eigenvalue weighted by molar-refractivity contribution is 4.85. The van der Waals surface area contributed by atoms with Crippen molar-refractivity contribution in [3.05, 3.63) is 0 Å².